The number of hydrogen-bond donors (Lipinski definition) is 6. The lowest BCUT2D eigenvalue weighted by atomic mass is 9.97. The monoisotopic (exact) mass is 958 g/mol. The molecule has 1 fully saturated rings. The standard InChI is InChI=1S/C48H90F2NO13P/c1-4-7-10-13-16-19-20-23-26-29-32-35-41(54)61-38(33-30-27-24-21-17-14-11-8-5-2)36-42(55)63-45-44(64-65(58,59)60)43(56)39(37-52)62-46(45)51-47(57)48(49,50)40(53)34-31-28-25-22-18-15-12-9-6-3/h38-40,43-46,52-53,56H,4-37H2,1-3H3,(H,51,57)(H2,58,59,60)/t38-,39-,40-,43-,44+,45-,46-/m1/s1. The topological polar surface area (TPSA) is 218 Å². The van der Waals surface area contributed by atoms with E-state index in [1.54, 1.807) is 0 Å². The van der Waals surface area contributed by atoms with E-state index >= 15 is 8.78 Å². The fourth-order valence-electron chi connectivity index (χ4n) is 8.26. The highest BCUT2D eigenvalue weighted by Crippen LogP contribution is 2.42. The lowest BCUT2D eigenvalue weighted by Crippen LogP contribution is -2.66. The summed E-state index contributed by atoms with van der Waals surface area (Å²) in [6.07, 6.45) is 15.2. The van der Waals surface area contributed by atoms with Crippen molar-refractivity contribution >= 4 is 25.7 Å². The van der Waals surface area contributed by atoms with Crippen molar-refractivity contribution < 1.29 is 71.6 Å². The van der Waals surface area contributed by atoms with Gasteiger partial charge < -0.3 is 44.6 Å². The van der Waals surface area contributed by atoms with Crippen molar-refractivity contribution in [3.05, 3.63) is 0 Å². The molecule has 1 amide bonds. The number of phosphoric ester groups is 1. The molecule has 0 saturated carbocycles. The number of amides is 1. The minimum absolute atomic E-state index is 0.136. The maximum Gasteiger partial charge on any atom is 0.470 e. The third-order valence-corrected chi connectivity index (χ3v) is 12.8. The van der Waals surface area contributed by atoms with Crippen LogP contribution in [0.25, 0.3) is 0 Å². The van der Waals surface area contributed by atoms with E-state index in [9.17, 15) is 44.1 Å². The van der Waals surface area contributed by atoms with Gasteiger partial charge >= 0.3 is 25.7 Å². The summed E-state index contributed by atoms with van der Waals surface area (Å²) in [6.45, 7) is 5.48. The largest absolute Gasteiger partial charge is 0.470 e. The average molecular weight is 958 g/mol. The molecule has 7 atom stereocenters. The van der Waals surface area contributed by atoms with Crippen LogP contribution in [-0.2, 0) is 37.7 Å². The number of aliphatic hydroxyl groups is 3. The molecule has 1 saturated heterocycles. The lowest BCUT2D eigenvalue weighted by Gasteiger charge is -2.43. The zero-order valence-corrected chi connectivity index (χ0v) is 41.2. The molecule has 0 aromatic heterocycles. The first-order valence-electron chi connectivity index (χ1n) is 25.5. The number of rotatable bonds is 42. The number of esters is 2. The zero-order valence-electron chi connectivity index (χ0n) is 40.3. The molecule has 1 rings (SSSR count). The molecule has 384 valence electrons. The second-order valence-electron chi connectivity index (χ2n) is 18.2. The van der Waals surface area contributed by atoms with E-state index in [4.69, 9.17) is 18.7 Å². The van der Waals surface area contributed by atoms with Crippen LogP contribution in [0.5, 0.6) is 0 Å². The number of carbonyl (C=O) groups is 3. The third kappa shape index (κ3) is 29.0. The highest BCUT2D eigenvalue weighted by molar-refractivity contribution is 7.46. The summed E-state index contributed by atoms with van der Waals surface area (Å²) in [7, 11) is -5.49. The van der Waals surface area contributed by atoms with Crippen LogP contribution in [0.2, 0.25) is 0 Å². The van der Waals surface area contributed by atoms with Gasteiger partial charge in [0, 0.05) is 6.42 Å². The van der Waals surface area contributed by atoms with Gasteiger partial charge in [-0.2, -0.15) is 8.78 Å². The number of unbranched alkanes of at least 4 members (excludes halogenated alkanes) is 26. The number of carbonyl (C=O) groups excluding carboxylic acids is 3. The minimum atomic E-state index is -5.49. The van der Waals surface area contributed by atoms with Crippen molar-refractivity contribution in [1.29, 1.82) is 0 Å². The van der Waals surface area contributed by atoms with Crippen LogP contribution in [0.15, 0.2) is 0 Å². The van der Waals surface area contributed by atoms with Crippen molar-refractivity contribution in [3.63, 3.8) is 0 Å². The van der Waals surface area contributed by atoms with E-state index in [1.165, 1.54) is 51.4 Å². The molecule has 0 aromatic carbocycles. The van der Waals surface area contributed by atoms with E-state index in [-0.39, 0.29) is 19.3 Å². The summed E-state index contributed by atoms with van der Waals surface area (Å²) in [5.74, 6) is -8.06. The maximum absolute atomic E-state index is 15.4. The lowest BCUT2D eigenvalue weighted by molar-refractivity contribution is -0.244. The van der Waals surface area contributed by atoms with Gasteiger partial charge in [0.15, 0.2) is 12.3 Å². The molecule has 0 bridgehead atoms. The van der Waals surface area contributed by atoms with Gasteiger partial charge in [-0.1, -0.05) is 194 Å². The van der Waals surface area contributed by atoms with Gasteiger partial charge in [0.25, 0.3) is 5.91 Å². The molecule has 14 nitrogen and oxygen atoms in total. The Morgan fingerprint density at radius 1 is 0.646 bits per heavy atom. The van der Waals surface area contributed by atoms with Gasteiger partial charge in [-0.05, 0) is 25.7 Å². The smallest absolute Gasteiger partial charge is 0.462 e. The second kappa shape index (κ2) is 37.2. The molecule has 1 heterocycles. The third-order valence-electron chi connectivity index (χ3n) is 12.2. The first-order chi connectivity index (χ1) is 31.1. The fourth-order valence-corrected chi connectivity index (χ4v) is 8.82. The molecule has 1 aliphatic rings. The van der Waals surface area contributed by atoms with Crippen molar-refractivity contribution in [2.75, 3.05) is 6.61 Å². The summed E-state index contributed by atoms with van der Waals surface area (Å²) < 4.78 is 64.4. The number of halogens is 2. The number of alkyl halides is 2. The summed E-state index contributed by atoms with van der Waals surface area (Å²) in [5, 5.41) is 33.1. The first-order valence-corrected chi connectivity index (χ1v) is 27.1. The quantitative estimate of drug-likeness (QED) is 0.0191. The summed E-state index contributed by atoms with van der Waals surface area (Å²) in [6, 6.07) is 0. The van der Waals surface area contributed by atoms with Gasteiger partial charge in [-0.15, -0.1) is 0 Å². The molecular formula is C48H90F2NO13P. The minimum Gasteiger partial charge on any atom is -0.462 e. The molecular weight excluding hydrogens is 867 g/mol. The Hall–Kier alpha value is -1.78. The molecule has 17 heteroatoms. The van der Waals surface area contributed by atoms with E-state index in [0.29, 0.717) is 19.3 Å². The number of nitrogens with one attached hydrogen (secondary N) is 1. The fraction of sp³-hybridized carbons (Fsp3) is 0.938. The van der Waals surface area contributed by atoms with Crippen LogP contribution in [0.3, 0.4) is 0 Å². The van der Waals surface area contributed by atoms with Crippen molar-refractivity contribution in [2.45, 2.75) is 281 Å². The Morgan fingerprint density at radius 2 is 1.06 bits per heavy atom. The highest BCUT2D eigenvalue weighted by Gasteiger charge is 2.54. The predicted molar refractivity (Wildman–Crippen MR) is 247 cm³/mol. The molecule has 0 radical (unpaired) electrons. The van der Waals surface area contributed by atoms with Gasteiger partial charge in [-0.25, -0.2) is 4.57 Å². The number of aliphatic hydroxyl groups excluding tert-OH is 3. The molecule has 6 N–H and O–H groups in total. The van der Waals surface area contributed by atoms with E-state index in [0.717, 1.165) is 109 Å². The van der Waals surface area contributed by atoms with E-state index < -0.39 is 93.9 Å². The van der Waals surface area contributed by atoms with Gasteiger partial charge in [0.05, 0.1) is 13.0 Å². The number of ether oxygens (including phenoxy) is 3. The Morgan fingerprint density at radius 3 is 1.49 bits per heavy atom. The Balaban J connectivity index is 3.05. The summed E-state index contributed by atoms with van der Waals surface area (Å²) >= 11 is 0. The highest BCUT2D eigenvalue weighted by atomic mass is 31.2. The van der Waals surface area contributed by atoms with E-state index in [1.807, 2.05) is 5.32 Å². The van der Waals surface area contributed by atoms with Crippen LogP contribution >= 0.6 is 7.82 Å². The molecule has 1 aliphatic heterocycles. The van der Waals surface area contributed by atoms with Crippen molar-refractivity contribution in [2.24, 2.45) is 0 Å². The van der Waals surface area contributed by atoms with Crippen LogP contribution in [-0.4, -0.2) is 98.3 Å². The molecule has 65 heavy (non-hydrogen) atoms. The van der Waals surface area contributed by atoms with Crippen LogP contribution < -0.4 is 5.32 Å². The number of phosphoric acid groups is 1. The summed E-state index contributed by atoms with van der Waals surface area (Å²) in [5.41, 5.74) is 0. The Bertz CT molecular complexity index is 1280. The SMILES string of the molecule is CCCCCCCCCCCCCC(=O)O[C@H](CCCCCCCCCCC)CC(=O)O[C@@H]1[C@@H](OP(=O)(O)O)[C@H](O)[C@@H](CO)O[C@H]1NC(=O)C(F)(F)[C@H](O)CCCCCCCCCCC. The van der Waals surface area contributed by atoms with Crippen LogP contribution in [0.4, 0.5) is 8.78 Å². The van der Waals surface area contributed by atoms with Gasteiger partial charge in [0.1, 0.15) is 30.5 Å². The molecule has 0 unspecified atom stereocenters. The Kier molecular flexibility index (Phi) is 35.0. The molecule has 0 spiro atoms. The van der Waals surface area contributed by atoms with Crippen molar-refractivity contribution in [1.82, 2.24) is 5.32 Å². The van der Waals surface area contributed by atoms with Crippen molar-refractivity contribution in [3.8, 4) is 0 Å². The van der Waals surface area contributed by atoms with Gasteiger partial charge in [-0.3, -0.25) is 18.9 Å². The van der Waals surface area contributed by atoms with Crippen LogP contribution in [0, 0.1) is 0 Å². The normalized spacial score (nSPS) is 20.1. The van der Waals surface area contributed by atoms with Gasteiger partial charge in [0.2, 0.25) is 0 Å². The predicted octanol–water partition coefficient (Wildman–Crippen LogP) is 10.4. The molecule has 0 aliphatic carbocycles. The van der Waals surface area contributed by atoms with E-state index in [2.05, 4.69) is 20.8 Å². The zero-order chi connectivity index (χ0) is 48.4. The maximum atomic E-state index is 15.4. The average Bonchev–Trinajstić information content (AvgIpc) is 3.25. The molecule has 0 aromatic rings. The van der Waals surface area contributed by atoms with Crippen LogP contribution in [0.1, 0.15) is 233 Å². The second-order valence-corrected chi connectivity index (χ2v) is 19.4. The first kappa shape index (κ1) is 61.2. The Labute approximate surface area is 389 Å². The number of hydrogen-bond acceptors (Lipinski definition) is 11. The summed E-state index contributed by atoms with van der Waals surface area (Å²) in [4.78, 5) is 59.2.